The fraction of sp³-hybridized carbons (Fsp3) is 0.444. The molecule has 0 N–H and O–H groups in total. The highest BCUT2D eigenvalue weighted by molar-refractivity contribution is 5.77. The molecule has 168 valence electrons. The van der Waals surface area contributed by atoms with Gasteiger partial charge < -0.3 is 9.42 Å². The maximum Gasteiger partial charge on any atom is 0.226 e. The highest BCUT2D eigenvalue weighted by Gasteiger charge is 2.30. The third-order valence-corrected chi connectivity index (χ3v) is 6.19. The standard InChI is InChI=1S/C27H33N3O2/c1-19-12-14-20(15-13-19)18-30(23-17-16-21-8-5-6-9-22(21)23)25(31)11-7-10-24-28-26(29-32-24)27(2,3)4/h5-6,8-9,12-15,23H,7,10-11,16-18H2,1-4H3. The van der Waals surface area contributed by atoms with Gasteiger partial charge in [-0.3, -0.25) is 4.79 Å². The number of aromatic nitrogens is 2. The van der Waals surface area contributed by atoms with E-state index in [1.54, 1.807) is 0 Å². The average molecular weight is 432 g/mol. The molecule has 1 aromatic heterocycles. The predicted octanol–water partition coefficient (Wildman–Crippen LogP) is 5.71. The lowest BCUT2D eigenvalue weighted by Gasteiger charge is -2.30. The molecule has 0 spiro atoms. The van der Waals surface area contributed by atoms with E-state index in [0.29, 0.717) is 37.5 Å². The summed E-state index contributed by atoms with van der Waals surface area (Å²) in [5, 5.41) is 4.09. The summed E-state index contributed by atoms with van der Waals surface area (Å²) in [5.74, 6) is 1.50. The quantitative estimate of drug-likeness (QED) is 0.480. The number of carbonyl (C=O) groups is 1. The van der Waals surface area contributed by atoms with Crippen LogP contribution in [0.1, 0.15) is 80.0 Å². The number of fused-ring (bicyclic) bond motifs is 1. The second-order valence-corrected chi connectivity index (χ2v) is 9.88. The van der Waals surface area contributed by atoms with Crippen molar-refractivity contribution in [1.82, 2.24) is 15.0 Å². The Hall–Kier alpha value is -2.95. The minimum absolute atomic E-state index is 0.135. The molecule has 2 aromatic carbocycles. The summed E-state index contributed by atoms with van der Waals surface area (Å²) in [5.41, 5.74) is 4.91. The van der Waals surface area contributed by atoms with Crippen LogP contribution >= 0.6 is 0 Å². The van der Waals surface area contributed by atoms with Gasteiger partial charge in [-0.1, -0.05) is 80.0 Å². The van der Waals surface area contributed by atoms with Gasteiger partial charge in [-0.05, 0) is 42.9 Å². The first kappa shape index (κ1) is 22.3. The van der Waals surface area contributed by atoms with Gasteiger partial charge in [0.2, 0.25) is 11.8 Å². The Labute approximate surface area is 190 Å². The molecule has 0 saturated carbocycles. The van der Waals surface area contributed by atoms with E-state index in [1.807, 2.05) is 0 Å². The summed E-state index contributed by atoms with van der Waals surface area (Å²) in [4.78, 5) is 20.0. The average Bonchev–Trinajstić information content (AvgIpc) is 3.40. The van der Waals surface area contributed by atoms with Crippen molar-refractivity contribution in [3.8, 4) is 0 Å². The molecule has 32 heavy (non-hydrogen) atoms. The maximum absolute atomic E-state index is 13.4. The Kier molecular flexibility index (Phi) is 6.45. The summed E-state index contributed by atoms with van der Waals surface area (Å²) in [7, 11) is 0. The predicted molar refractivity (Wildman–Crippen MR) is 125 cm³/mol. The fourth-order valence-electron chi connectivity index (χ4n) is 4.32. The number of nitrogens with zero attached hydrogens (tertiary/aromatic N) is 3. The van der Waals surface area contributed by atoms with E-state index in [-0.39, 0.29) is 17.4 Å². The highest BCUT2D eigenvalue weighted by atomic mass is 16.5. The Bertz CT molecular complexity index is 1060. The molecule has 3 aromatic rings. The lowest BCUT2D eigenvalue weighted by atomic mass is 9.96. The lowest BCUT2D eigenvalue weighted by Crippen LogP contribution is -2.33. The van der Waals surface area contributed by atoms with E-state index in [1.165, 1.54) is 22.3 Å². The minimum atomic E-state index is -0.141. The molecule has 1 heterocycles. The van der Waals surface area contributed by atoms with Gasteiger partial charge in [-0.15, -0.1) is 0 Å². The number of amides is 1. The molecule has 0 fully saturated rings. The van der Waals surface area contributed by atoms with Crippen molar-refractivity contribution >= 4 is 5.91 Å². The Morgan fingerprint density at radius 3 is 2.59 bits per heavy atom. The summed E-state index contributed by atoms with van der Waals surface area (Å²) >= 11 is 0. The monoisotopic (exact) mass is 431 g/mol. The topological polar surface area (TPSA) is 59.2 Å². The molecule has 0 radical (unpaired) electrons. The molecule has 1 aliphatic rings. The molecule has 4 rings (SSSR count). The Balaban J connectivity index is 1.46. The molecule has 0 bridgehead atoms. The molecule has 5 heteroatoms. The van der Waals surface area contributed by atoms with Gasteiger partial charge in [0, 0.05) is 24.8 Å². The molecular weight excluding hydrogens is 398 g/mol. The van der Waals surface area contributed by atoms with Crippen molar-refractivity contribution in [1.29, 1.82) is 0 Å². The van der Waals surface area contributed by atoms with Crippen molar-refractivity contribution in [2.75, 3.05) is 0 Å². The third kappa shape index (κ3) is 5.09. The Morgan fingerprint density at radius 2 is 1.88 bits per heavy atom. The molecule has 1 aliphatic carbocycles. The zero-order valence-corrected chi connectivity index (χ0v) is 19.6. The molecule has 1 atom stereocenters. The first-order valence-electron chi connectivity index (χ1n) is 11.6. The van der Waals surface area contributed by atoms with Gasteiger partial charge in [0.1, 0.15) is 0 Å². The summed E-state index contributed by atoms with van der Waals surface area (Å²) in [6.45, 7) is 8.91. The van der Waals surface area contributed by atoms with Gasteiger partial charge in [-0.2, -0.15) is 4.98 Å². The molecule has 1 amide bonds. The number of aryl methyl sites for hydroxylation is 3. The Morgan fingerprint density at radius 1 is 1.12 bits per heavy atom. The van der Waals surface area contributed by atoms with E-state index in [2.05, 4.69) is 91.3 Å². The summed E-state index contributed by atoms with van der Waals surface area (Å²) < 4.78 is 5.40. The minimum Gasteiger partial charge on any atom is -0.339 e. The largest absolute Gasteiger partial charge is 0.339 e. The van der Waals surface area contributed by atoms with Crippen LogP contribution in [0.4, 0.5) is 0 Å². The van der Waals surface area contributed by atoms with Crippen LogP contribution in [0.3, 0.4) is 0 Å². The van der Waals surface area contributed by atoms with E-state index in [4.69, 9.17) is 4.52 Å². The molecule has 0 aliphatic heterocycles. The lowest BCUT2D eigenvalue weighted by molar-refractivity contribution is -0.134. The van der Waals surface area contributed by atoms with Crippen LogP contribution in [-0.4, -0.2) is 20.9 Å². The van der Waals surface area contributed by atoms with Gasteiger partial charge >= 0.3 is 0 Å². The van der Waals surface area contributed by atoms with Gasteiger partial charge in [0.05, 0.1) is 6.04 Å². The second-order valence-electron chi connectivity index (χ2n) is 9.88. The first-order valence-corrected chi connectivity index (χ1v) is 11.6. The molecule has 5 nitrogen and oxygen atoms in total. The van der Waals surface area contributed by atoms with Crippen LogP contribution in [-0.2, 0) is 29.6 Å². The maximum atomic E-state index is 13.4. The van der Waals surface area contributed by atoms with E-state index in [0.717, 1.165) is 12.8 Å². The molecule has 0 saturated heterocycles. The number of carbonyl (C=O) groups excluding carboxylic acids is 1. The number of rotatable bonds is 7. The van der Waals surface area contributed by atoms with E-state index >= 15 is 0 Å². The SMILES string of the molecule is Cc1ccc(CN(C(=O)CCCc2nc(C(C)(C)C)no2)C2CCc3ccccc32)cc1. The zero-order valence-electron chi connectivity index (χ0n) is 19.6. The normalized spacial score (nSPS) is 15.6. The van der Waals surface area contributed by atoms with Crippen molar-refractivity contribution in [2.24, 2.45) is 0 Å². The second kappa shape index (κ2) is 9.27. The van der Waals surface area contributed by atoms with Crippen LogP contribution in [0.25, 0.3) is 0 Å². The summed E-state index contributed by atoms with van der Waals surface area (Å²) in [6.07, 6.45) is 3.79. The van der Waals surface area contributed by atoms with E-state index < -0.39 is 0 Å². The fourth-order valence-corrected chi connectivity index (χ4v) is 4.32. The van der Waals surface area contributed by atoms with Crippen LogP contribution in [0.15, 0.2) is 53.1 Å². The van der Waals surface area contributed by atoms with E-state index in [9.17, 15) is 4.79 Å². The van der Waals surface area contributed by atoms with Crippen LogP contribution < -0.4 is 0 Å². The summed E-state index contributed by atoms with van der Waals surface area (Å²) in [6, 6.07) is 17.1. The van der Waals surface area contributed by atoms with Crippen molar-refractivity contribution < 1.29 is 9.32 Å². The van der Waals surface area contributed by atoms with Crippen LogP contribution in [0, 0.1) is 6.92 Å². The number of hydrogen-bond donors (Lipinski definition) is 0. The number of benzene rings is 2. The van der Waals surface area contributed by atoms with Gasteiger partial charge in [0.15, 0.2) is 5.82 Å². The number of hydrogen-bond acceptors (Lipinski definition) is 4. The highest BCUT2D eigenvalue weighted by Crippen LogP contribution is 2.37. The van der Waals surface area contributed by atoms with Crippen LogP contribution in [0.5, 0.6) is 0 Å². The molecular formula is C27H33N3O2. The van der Waals surface area contributed by atoms with Gasteiger partial charge in [-0.25, -0.2) is 0 Å². The van der Waals surface area contributed by atoms with Crippen molar-refractivity contribution in [2.45, 2.75) is 77.8 Å². The smallest absolute Gasteiger partial charge is 0.226 e. The van der Waals surface area contributed by atoms with Gasteiger partial charge in [0.25, 0.3) is 0 Å². The van der Waals surface area contributed by atoms with Crippen molar-refractivity contribution in [3.63, 3.8) is 0 Å². The van der Waals surface area contributed by atoms with Crippen molar-refractivity contribution in [3.05, 3.63) is 82.5 Å². The zero-order chi connectivity index (χ0) is 22.7. The third-order valence-electron chi connectivity index (χ3n) is 6.19. The molecule has 1 unspecified atom stereocenters. The van der Waals surface area contributed by atoms with Crippen LogP contribution in [0.2, 0.25) is 0 Å². The first-order chi connectivity index (χ1) is 15.3.